The van der Waals surface area contributed by atoms with Gasteiger partial charge in [0.15, 0.2) is 0 Å². The molecule has 2 rings (SSSR count). The van der Waals surface area contributed by atoms with Crippen LogP contribution < -0.4 is 5.32 Å². The Bertz CT molecular complexity index is 542. The average Bonchev–Trinajstić information content (AvgIpc) is 2.86. The summed E-state index contributed by atoms with van der Waals surface area (Å²) >= 11 is 1.34. The Kier molecular flexibility index (Phi) is 5.51. The first-order valence-corrected chi connectivity index (χ1v) is 6.99. The lowest BCUT2D eigenvalue weighted by atomic mass is 10.2. The summed E-state index contributed by atoms with van der Waals surface area (Å²) in [7, 11) is 1.65. The lowest BCUT2D eigenvalue weighted by Crippen LogP contribution is -2.21. The van der Waals surface area contributed by atoms with Gasteiger partial charge in [-0.3, -0.25) is 0 Å². The average molecular weight is 299 g/mol. The number of nitrogens with zero attached hydrogens (tertiary/aromatic N) is 2. The molecule has 0 aliphatic carbocycles. The zero-order chi connectivity index (χ0) is 14.4. The Balaban J connectivity index is 1.94. The summed E-state index contributed by atoms with van der Waals surface area (Å²) in [6.45, 7) is 2.19. The highest BCUT2D eigenvalue weighted by molar-refractivity contribution is 7.14. The minimum absolute atomic E-state index is 0.415. The molecule has 0 unspecified atom stereocenters. The van der Waals surface area contributed by atoms with E-state index in [2.05, 4.69) is 15.5 Å². The van der Waals surface area contributed by atoms with E-state index < -0.39 is 11.6 Å². The zero-order valence-electron chi connectivity index (χ0n) is 11.0. The summed E-state index contributed by atoms with van der Waals surface area (Å²) in [5.74, 6) is -1.23. The van der Waals surface area contributed by atoms with Crippen molar-refractivity contribution in [3.05, 3.63) is 34.8 Å². The molecule has 1 aromatic carbocycles. The van der Waals surface area contributed by atoms with E-state index in [0.29, 0.717) is 17.2 Å². The number of hydrogen-bond acceptors (Lipinski definition) is 5. The number of hydrogen-bond donors (Lipinski definition) is 1. The summed E-state index contributed by atoms with van der Waals surface area (Å²) in [4.78, 5) is 0. The fourth-order valence-corrected chi connectivity index (χ4v) is 2.47. The molecular weight excluding hydrogens is 284 g/mol. The third-order valence-electron chi connectivity index (χ3n) is 2.57. The maximum atomic E-state index is 13.1. The molecule has 4 nitrogen and oxygen atoms in total. The second kappa shape index (κ2) is 7.37. The van der Waals surface area contributed by atoms with E-state index in [4.69, 9.17) is 4.74 Å². The van der Waals surface area contributed by atoms with E-state index in [1.54, 1.807) is 7.11 Å². The molecule has 0 amide bonds. The maximum absolute atomic E-state index is 13.1. The molecule has 0 spiro atoms. The normalized spacial score (nSPS) is 10.9. The minimum atomic E-state index is -0.613. The van der Waals surface area contributed by atoms with Gasteiger partial charge < -0.3 is 10.1 Å². The second-order valence-electron chi connectivity index (χ2n) is 4.15. The van der Waals surface area contributed by atoms with Crippen molar-refractivity contribution in [2.75, 3.05) is 26.8 Å². The molecule has 108 valence electrons. The largest absolute Gasteiger partial charge is 0.383 e. The fourth-order valence-electron chi connectivity index (χ4n) is 1.64. The Morgan fingerprint density at radius 2 is 1.90 bits per heavy atom. The molecule has 7 heteroatoms. The van der Waals surface area contributed by atoms with E-state index in [-0.39, 0.29) is 0 Å². The third kappa shape index (κ3) is 4.29. The molecule has 0 atom stereocenters. The first-order valence-electron chi connectivity index (χ1n) is 6.17. The summed E-state index contributed by atoms with van der Waals surface area (Å²) in [6, 6.07) is 3.35. The van der Waals surface area contributed by atoms with Crippen LogP contribution in [-0.2, 0) is 11.2 Å². The summed E-state index contributed by atoms with van der Waals surface area (Å²) in [5.41, 5.74) is 0.415. The Labute approximate surface area is 119 Å². The van der Waals surface area contributed by atoms with Crippen LogP contribution in [0, 0.1) is 11.6 Å². The highest BCUT2D eigenvalue weighted by Gasteiger charge is 2.09. The van der Waals surface area contributed by atoms with E-state index in [0.717, 1.165) is 30.6 Å². The standard InChI is InChI=1S/C13H15F2N3OS/c1-19-5-4-16-3-2-12-17-18-13(20-12)9-6-10(14)8-11(15)7-9/h6-8,16H,2-5H2,1H3. The summed E-state index contributed by atoms with van der Waals surface area (Å²) in [5, 5.41) is 12.5. The SMILES string of the molecule is COCCNCCc1nnc(-c2cc(F)cc(F)c2)s1. The third-order valence-corrected chi connectivity index (χ3v) is 3.61. The predicted molar refractivity (Wildman–Crippen MR) is 73.7 cm³/mol. The maximum Gasteiger partial charge on any atom is 0.148 e. The molecule has 1 aromatic heterocycles. The molecule has 0 fully saturated rings. The van der Waals surface area contributed by atoms with Gasteiger partial charge in [-0.25, -0.2) is 8.78 Å². The van der Waals surface area contributed by atoms with Crippen LogP contribution in [0.25, 0.3) is 10.6 Å². The molecular formula is C13H15F2N3OS. The smallest absolute Gasteiger partial charge is 0.148 e. The molecule has 0 saturated carbocycles. The van der Waals surface area contributed by atoms with Crippen LogP contribution in [0.5, 0.6) is 0 Å². The van der Waals surface area contributed by atoms with Gasteiger partial charge in [0, 0.05) is 38.2 Å². The summed E-state index contributed by atoms with van der Waals surface area (Å²) in [6.07, 6.45) is 0.721. The van der Waals surface area contributed by atoms with Crippen molar-refractivity contribution in [1.82, 2.24) is 15.5 Å². The number of aromatic nitrogens is 2. The van der Waals surface area contributed by atoms with Crippen LogP contribution in [0.3, 0.4) is 0 Å². The van der Waals surface area contributed by atoms with Gasteiger partial charge in [0.1, 0.15) is 21.6 Å². The minimum Gasteiger partial charge on any atom is -0.383 e. The number of rotatable bonds is 7. The predicted octanol–water partition coefficient (Wildman–Crippen LogP) is 2.26. The lowest BCUT2D eigenvalue weighted by Gasteiger charge is -2.00. The topological polar surface area (TPSA) is 47.0 Å². The molecule has 0 aliphatic heterocycles. The highest BCUT2D eigenvalue weighted by atomic mass is 32.1. The van der Waals surface area contributed by atoms with Crippen LogP contribution in [0.15, 0.2) is 18.2 Å². The second-order valence-corrected chi connectivity index (χ2v) is 5.21. The van der Waals surface area contributed by atoms with Crippen LogP contribution in [0.2, 0.25) is 0 Å². The van der Waals surface area contributed by atoms with Crippen molar-refractivity contribution in [2.24, 2.45) is 0 Å². The molecule has 0 aliphatic rings. The highest BCUT2D eigenvalue weighted by Crippen LogP contribution is 2.25. The first-order chi connectivity index (χ1) is 9.69. The molecule has 0 bridgehead atoms. The lowest BCUT2D eigenvalue weighted by molar-refractivity contribution is 0.199. The Hall–Kier alpha value is -1.44. The van der Waals surface area contributed by atoms with Crippen molar-refractivity contribution in [1.29, 1.82) is 0 Å². The van der Waals surface area contributed by atoms with Gasteiger partial charge in [-0.05, 0) is 12.1 Å². The van der Waals surface area contributed by atoms with Gasteiger partial charge in [0.05, 0.1) is 6.61 Å². The quantitative estimate of drug-likeness (QED) is 0.797. The first kappa shape index (κ1) is 15.0. The van der Waals surface area contributed by atoms with Gasteiger partial charge >= 0.3 is 0 Å². The fraction of sp³-hybridized carbons (Fsp3) is 0.385. The monoisotopic (exact) mass is 299 g/mol. The van der Waals surface area contributed by atoms with Gasteiger partial charge in [0.25, 0.3) is 0 Å². The van der Waals surface area contributed by atoms with E-state index >= 15 is 0 Å². The molecule has 2 aromatic rings. The molecule has 20 heavy (non-hydrogen) atoms. The summed E-state index contributed by atoms with van der Waals surface area (Å²) < 4.78 is 31.2. The van der Waals surface area contributed by atoms with Gasteiger partial charge in [-0.15, -0.1) is 10.2 Å². The van der Waals surface area contributed by atoms with Crippen LogP contribution in [0.1, 0.15) is 5.01 Å². The van der Waals surface area contributed by atoms with Gasteiger partial charge in [-0.2, -0.15) is 0 Å². The molecule has 0 saturated heterocycles. The van der Waals surface area contributed by atoms with Crippen LogP contribution in [-0.4, -0.2) is 37.0 Å². The van der Waals surface area contributed by atoms with Crippen LogP contribution >= 0.6 is 11.3 Å². The van der Waals surface area contributed by atoms with Crippen molar-refractivity contribution in [3.63, 3.8) is 0 Å². The molecule has 1 heterocycles. The van der Waals surface area contributed by atoms with Crippen molar-refractivity contribution >= 4 is 11.3 Å². The van der Waals surface area contributed by atoms with Crippen LogP contribution in [0.4, 0.5) is 8.78 Å². The Morgan fingerprint density at radius 3 is 2.60 bits per heavy atom. The van der Waals surface area contributed by atoms with Gasteiger partial charge in [-0.1, -0.05) is 11.3 Å². The number of halogens is 2. The van der Waals surface area contributed by atoms with E-state index in [1.165, 1.54) is 23.5 Å². The number of nitrogens with one attached hydrogen (secondary N) is 1. The van der Waals surface area contributed by atoms with Crippen molar-refractivity contribution in [2.45, 2.75) is 6.42 Å². The van der Waals surface area contributed by atoms with Gasteiger partial charge in [0.2, 0.25) is 0 Å². The molecule has 1 N–H and O–H groups in total. The van der Waals surface area contributed by atoms with E-state index in [1.807, 2.05) is 0 Å². The number of ether oxygens (including phenoxy) is 1. The Morgan fingerprint density at radius 1 is 1.15 bits per heavy atom. The van der Waals surface area contributed by atoms with E-state index in [9.17, 15) is 8.78 Å². The zero-order valence-corrected chi connectivity index (χ0v) is 11.8. The molecule has 0 radical (unpaired) electrons. The van der Waals surface area contributed by atoms with Crippen molar-refractivity contribution < 1.29 is 13.5 Å². The number of methoxy groups -OCH3 is 1. The van der Waals surface area contributed by atoms with Crippen molar-refractivity contribution in [3.8, 4) is 10.6 Å². The number of benzene rings is 1.